The van der Waals surface area contributed by atoms with Gasteiger partial charge in [-0.25, -0.2) is 19.6 Å². The number of carboxylic acid groups (broad SMARTS) is 2. The monoisotopic (exact) mass is 247 g/mol. The summed E-state index contributed by atoms with van der Waals surface area (Å²) in [6.07, 6.45) is 3.13. The minimum absolute atomic E-state index is 0.323. The molecule has 2 aromatic rings. The van der Waals surface area contributed by atoms with E-state index in [1.54, 1.807) is 13.1 Å². The summed E-state index contributed by atoms with van der Waals surface area (Å²) in [7, 11) is 0. The van der Waals surface area contributed by atoms with Gasteiger partial charge < -0.3 is 14.8 Å². The van der Waals surface area contributed by atoms with Crippen molar-refractivity contribution in [3.63, 3.8) is 0 Å². The number of pyridine rings is 1. The molecule has 0 unspecified atom stereocenters. The Morgan fingerprint density at radius 3 is 2.11 bits per heavy atom. The largest absolute Gasteiger partial charge is 0.477 e. The maximum Gasteiger partial charge on any atom is 0.354 e. The minimum Gasteiger partial charge on any atom is -0.477 e. The molecule has 0 bridgehead atoms. The molecule has 18 heavy (non-hydrogen) atoms. The zero-order chi connectivity index (χ0) is 13.3. The number of hydrogen-bond acceptors (Lipinski definition) is 4. The van der Waals surface area contributed by atoms with Crippen LogP contribution in [-0.2, 0) is 0 Å². The van der Waals surface area contributed by atoms with Crippen LogP contribution in [-0.4, -0.2) is 36.7 Å². The predicted octanol–water partition coefficient (Wildman–Crippen LogP) is 0.972. The molecular formula is C11H9N3O4. The summed E-state index contributed by atoms with van der Waals surface area (Å²) in [5, 5.41) is 17.8. The van der Waals surface area contributed by atoms with Gasteiger partial charge in [0.1, 0.15) is 0 Å². The van der Waals surface area contributed by atoms with Crippen LogP contribution in [0.3, 0.4) is 0 Å². The number of nitrogens with zero attached hydrogens (tertiary/aromatic N) is 3. The summed E-state index contributed by atoms with van der Waals surface area (Å²) in [6, 6.07) is 2.58. The summed E-state index contributed by atoms with van der Waals surface area (Å²) >= 11 is 0. The SMILES string of the molecule is Cc1cn(-c2cc(C(=O)O)nc(C(=O)O)c2)cn1. The zero-order valence-electron chi connectivity index (χ0n) is 9.36. The van der Waals surface area contributed by atoms with Gasteiger partial charge in [-0.15, -0.1) is 0 Å². The normalized spacial score (nSPS) is 10.3. The van der Waals surface area contributed by atoms with Crippen molar-refractivity contribution in [3.8, 4) is 5.69 Å². The molecule has 2 heterocycles. The highest BCUT2D eigenvalue weighted by Crippen LogP contribution is 2.12. The molecule has 0 fully saturated rings. The maximum absolute atomic E-state index is 10.9. The fourth-order valence-electron chi connectivity index (χ4n) is 1.45. The number of imidazole rings is 1. The summed E-state index contributed by atoms with van der Waals surface area (Å²) in [5.74, 6) is -2.56. The van der Waals surface area contributed by atoms with Crippen molar-refractivity contribution in [2.75, 3.05) is 0 Å². The third-order valence-corrected chi connectivity index (χ3v) is 2.26. The molecule has 0 radical (unpaired) electrons. The smallest absolute Gasteiger partial charge is 0.354 e. The van der Waals surface area contributed by atoms with Crippen LogP contribution in [0.4, 0.5) is 0 Å². The highest BCUT2D eigenvalue weighted by atomic mass is 16.4. The van der Waals surface area contributed by atoms with Crippen LogP contribution in [0.1, 0.15) is 26.7 Å². The Morgan fingerprint density at radius 1 is 1.17 bits per heavy atom. The van der Waals surface area contributed by atoms with E-state index in [1.807, 2.05) is 0 Å². The fourth-order valence-corrected chi connectivity index (χ4v) is 1.45. The van der Waals surface area contributed by atoms with Crippen LogP contribution in [0.25, 0.3) is 5.69 Å². The Bertz CT molecular complexity index is 601. The molecule has 0 aliphatic carbocycles. The van der Waals surface area contributed by atoms with Crippen molar-refractivity contribution in [2.45, 2.75) is 6.92 Å². The third kappa shape index (κ3) is 2.19. The molecule has 2 aromatic heterocycles. The van der Waals surface area contributed by atoms with Crippen molar-refractivity contribution in [1.82, 2.24) is 14.5 Å². The number of hydrogen-bond donors (Lipinski definition) is 2. The Kier molecular flexibility index (Phi) is 2.80. The molecule has 0 amide bonds. The predicted molar refractivity (Wildman–Crippen MR) is 60.0 cm³/mol. The maximum atomic E-state index is 10.9. The Morgan fingerprint density at radius 2 is 1.72 bits per heavy atom. The van der Waals surface area contributed by atoms with Crippen LogP contribution < -0.4 is 0 Å². The van der Waals surface area contributed by atoms with Gasteiger partial charge in [-0.2, -0.15) is 0 Å². The number of aromatic carboxylic acids is 2. The first kappa shape index (κ1) is 11.8. The van der Waals surface area contributed by atoms with Gasteiger partial charge in [0.25, 0.3) is 0 Å². The molecule has 2 rings (SSSR count). The number of aromatic nitrogens is 3. The van der Waals surface area contributed by atoms with Gasteiger partial charge in [-0.1, -0.05) is 0 Å². The van der Waals surface area contributed by atoms with E-state index < -0.39 is 11.9 Å². The molecule has 92 valence electrons. The summed E-state index contributed by atoms with van der Waals surface area (Å²) in [6.45, 7) is 1.77. The van der Waals surface area contributed by atoms with E-state index >= 15 is 0 Å². The second kappa shape index (κ2) is 4.28. The first-order valence-electron chi connectivity index (χ1n) is 4.97. The van der Waals surface area contributed by atoms with Crippen molar-refractivity contribution >= 4 is 11.9 Å². The van der Waals surface area contributed by atoms with Gasteiger partial charge in [0.15, 0.2) is 11.4 Å². The topological polar surface area (TPSA) is 105 Å². The van der Waals surface area contributed by atoms with E-state index in [2.05, 4.69) is 9.97 Å². The molecule has 2 N–H and O–H groups in total. The van der Waals surface area contributed by atoms with Crippen LogP contribution >= 0.6 is 0 Å². The Balaban J connectivity index is 2.60. The first-order valence-corrected chi connectivity index (χ1v) is 4.97. The fraction of sp³-hybridized carbons (Fsp3) is 0.0909. The van der Waals surface area contributed by atoms with Crippen molar-refractivity contribution in [3.05, 3.63) is 41.7 Å². The zero-order valence-corrected chi connectivity index (χ0v) is 9.36. The summed E-state index contributed by atoms with van der Waals surface area (Å²) < 4.78 is 1.54. The molecule has 0 aliphatic rings. The van der Waals surface area contributed by atoms with Gasteiger partial charge in [0, 0.05) is 6.20 Å². The lowest BCUT2D eigenvalue weighted by atomic mass is 10.2. The van der Waals surface area contributed by atoms with Gasteiger partial charge in [0.05, 0.1) is 17.7 Å². The molecular weight excluding hydrogens is 238 g/mol. The lowest BCUT2D eigenvalue weighted by molar-refractivity contribution is 0.0685. The first-order chi connectivity index (χ1) is 8.47. The number of rotatable bonds is 3. The Labute approximate surface area is 101 Å². The molecule has 0 saturated carbocycles. The minimum atomic E-state index is -1.28. The molecule has 0 aliphatic heterocycles. The third-order valence-electron chi connectivity index (χ3n) is 2.26. The van der Waals surface area contributed by atoms with E-state index in [4.69, 9.17) is 10.2 Å². The van der Waals surface area contributed by atoms with Gasteiger partial charge >= 0.3 is 11.9 Å². The van der Waals surface area contributed by atoms with E-state index in [0.29, 0.717) is 5.69 Å². The molecule has 0 atom stereocenters. The van der Waals surface area contributed by atoms with Crippen molar-refractivity contribution in [2.24, 2.45) is 0 Å². The van der Waals surface area contributed by atoms with Crippen LogP contribution in [0.2, 0.25) is 0 Å². The van der Waals surface area contributed by atoms with E-state index in [-0.39, 0.29) is 11.4 Å². The molecule has 0 aromatic carbocycles. The molecule has 0 saturated heterocycles. The summed E-state index contributed by atoms with van der Waals surface area (Å²) in [5.41, 5.74) is 0.480. The lowest BCUT2D eigenvalue weighted by Gasteiger charge is -2.04. The molecule has 7 heteroatoms. The van der Waals surface area contributed by atoms with E-state index in [9.17, 15) is 9.59 Å². The standard InChI is InChI=1S/C11H9N3O4/c1-6-4-14(5-12-6)7-2-8(10(15)16)13-9(3-7)11(17)18/h2-5H,1H3,(H,15,16)(H,17,18). The van der Waals surface area contributed by atoms with Crippen LogP contribution in [0, 0.1) is 6.92 Å². The summed E-state index contributed by atoms with van der Waals surface area (Å²) in [4.78, 5) is 29.3. The van der Waals surface area contributed by atoms with Gasteiger partial charge in [-0.3, -0.25) is 0 Å². The average molecular weight is 247 g/mol. The van der Waals surface area contributed by atoms with Crippen molar-refractivity contribution in [1.29, 1.82) is 0 Å². The van der Waals surface area contributed by atoms with Crippen molar-refractivity contribution < 1.29 is 19.8 Å². The van der Waals surface area contributed by atoms with Gasteiger partial charge in [-0.05, 0) is 19.1 Å². The molecule has 7 nitrogen and oxygen atoms in total. The second-order valence-electron chi connectivity index (χ2n) is 3.63. The van der Waals surface area contributed by atoms with Crippen LogP contribution in [0.15, 0.2) is 24.7 Å². The van der Waals surface area contributed by atoms with E-state index in [1.165, 1.54) is 23.0 Å². The number of carboxylic acids is 2. The lowest BCUT2D eigenvalue weighted by Crippen LogP contribution is -2.09. The second-order valence-corrected chi connectivity index (χ2v) is 3.63. The number of carbonyl (C=O) groups is 2. The molecule has 0 spiro atoms. The Hall–Kier alpha value is -2.70. The highest BCUT2D eigenvalue weighted by Gasteiger charge is 2.14. The average Bonchev–Trinajstić information content (AvgIpc) is 2.75. The van der Waals surface area contributed by atoms with Gasteiger partial charge in [0.2, 0.25) is 0 Å². The highest BCUT2D eigenvalue weighted by molar-refractivity contribution is 5.90. The van der Waals surface area contributed by atoms with E-state index in [0.717, 1.165) is 5.69 Å². The number of aryl methyl sites for hydroxylation is 1. The van der Waals surface area contributed by atoms with Crippen LogP contribution in [0.5, 0.6) is 0 Å². The quantitative estimate of drug-likeness (QED) is 0.837.